The van der Waals surface area contributed by atoms with Gasteiger partial charge in [-0.1, -0.05) is 78.1 Å². The molecule has 0 saturated heterocycles. The fraction of sp³-hybridized carbons (Fsp3) is 1.00. The van der Waals surface area contributed by atoms with Crippen molar-refractivity contribution in [2.24, 2.45) is 47.3 Å². The largest absolute Gasteiger partial charge is 0.247 e. The smallest absolute Gasteiger partial charge is 0.134 e. The number of halogens is 3. The number of rotatable bonds is 11. The van der Waals surface area contributed by atoms with Gasteiger partial charge in [0, 0.05) is 0 Å². The lowest BCUT2D eigenvalue weighted by molar-refractivity contribution is -0.0162. The predicted octanol–water partition coefficient (Wildman–Crippen LogP) is 11.2. The van der Waals surface area contributed by atoms with Crippen molar-refractivity contribution in [2.45, 2.75) is 167 Å². The highest BCUT2D eigenvalue weighted by atomic mass is 19.2. The van der Waals surface area contributed by atoms with Gasteiger partial charge in [0.05, 0.1) is 0 Å². The molecule has 7 unspecified atom stereocenters. The zero-order chi connectivity index (χ0) is 26.2. The Bertz CT molecular complexity index is 621. The zero-order valence-corrected chi connectivity index (χ0v) is 24.3. The summed E-state index contributed by atoms with van der Waals surface area (Å²) in [6, 6.07) is 0. The molecule has 37 heavy (non-hydrogen) atoms. The topological polar surface area (TPSA) is 0 Å². The highest BCUT2D eigenvalue weighted by Crippen LogP contribution is 2.47. The molecule has 3 heteroatoms. The van der Waals surface area contributed by atoms with Crippen LogP contribution in [0.25, 0.3) is 0 Å². The molecule has 0 aromatic rings. The molecule has 0 amide bonds. The van der Waals surface area contributed by atoms with E-state index >= 15 is 8.78 Å². The first kappa shape index (κ1) is 29.8. The van der Waals surface area contributed by atoms with Gasteiger partial charge in [-0.05, 0) is 118 Å². The molecule has 216 valence electrons. The first-order chi connectivity index (χ1) is 18.0. The summed E-state index contributed by atoms with van der Waals surface area (Å²) in [5.74, 6) is 3.45. The molecular formula is C34H59F3. The summed E-state index contributed by atoms with van der Waals surface area (Å²) in [6.07, 6.45) is 20.8. The van der Waals surface area contributed by atoms with Crippen LogP contribution in [0.5, 0.6) is 0 Å². The van der Waals surface area contributed by atoms with Gasteiger partial charge < -0.3 is 0 Å². The van der Waals surface area contributed by atoms with Gasteiger partial charge in [-0.25, -0.2) is 13.2 Å². The minimum atomic E-state index is -1.24. The van der Waals surface area contributed by atoms with E-state index in [9.17, 15) is 4.39 Å². The third-order valence-corrected chi connectivity index (χ3v) is 12.0. The molecule has 0 spiro atoms. The molecule has 4 aliphatic carbocycles. The normalized spacial score (nSPS) is 43.5. The Morgan fingerprint density at radius 2 is 1.16 bits per heavy atom. The average Bonchev–Trinajstić information content (AvgIpc) is 2.93. The van der Waals surface area contributed by atoms with Crippen molar-refractivity contribution in [2.75, 3.05) is 0 Å². The second-order valence-electron chi connectivity index (χ2n) is 14.1. The van der Waals surface area contributed by atoms with Crippen LogP contribution in [-0.2, 0) is 0 Å². The van der Waals surface area contributed by atoms with Gasteiger partial charge in [0.15, 0.2) is 0 Å². The van der Waals surface area contributed by atoms with Crippen LogP contribution < -0.4 is 0 Å². The molecule has 0 nitrogen and oxygen atoms in total. The summed E-state index contributed by atoms with van der Waals surface area (Å²) in [4.78, 5) is 0. The molecule has 0 heterocycles. The fourth-order valence-electron chi connectivity index (χ4n) is 9.24. The molecular weight excluding hydrogens is 465 g/mol. The van der Waals surface area contributed by atoms with Crippen molar-refractivity contribution >= 4 is 0 Å². The van der Waals surface area contributed by atoms with E-state index in [1.54, 1.807) is 0 Å². The Morgan fingerprint density at radius 3 is 1.84 bits per heavy atom. The van der Waals surface area contributed by atoms with E-state index in [-0.39, 0.29) is 11.8 Å². The summed E-state index contributed by atoms with van der Waals surface area (Å²) >= 11 is 0. The van der Waals surface area contributed by atoms with Gasteiger partial charge in [0.25, 0.3) is 0 Å². The Kier molecular flexibility index (Phi) is 12.0. The summed E-state index contributed by atoms with van der Waals surface area (Å²) in [5, 5.41) is 0. The SMILES string of the molecule is CCCCCCC1CCC(C2CCC(CCC3CCC(C4CCC(CC)CC4)C(F)C3F)CC2)CC1F. The Hall–Kier alpha value is -0.210. The highest BCUT2D eigenvalue weighted by Gasteiger charge is 2.44. The maximum Gasteiger partial charge on any atom is 0.134 e. The van der Waals surface area contributed by atoms with Crippen molar-refractivity contribution in [3.8, 4) is 0 Å². The average molecular weight is 525 g/mol. The minimum absolute atomic E-state index is 0.0229. The Balaban J connectivity index is 1.12. The number of alkyl halides is 3. The molecule has 4 fully saturated rings. The van der Waals surface area contributed by atoms with E-state index < -0.39 is 18.5 Å². The van der Waals surface area contributed by atoms with Crippen LogP contribution in [0.15, 0.2) is 0 Å². The number of hydrogen-bond donors (Lipinski definition) is 0. The molecule has 0 radical (unpaired) electrons. The van der Waals surface area contributed by atoms with Crippen LogP contribution in [0.3, 0.4) is 0 Å². The lowest BCUT2D eigenvalue weighted by Gasteiger charge is -2.42. The molecule has 7 atom stereocenters. The summed E-state index contributed by atoms with van der Waals surface area (Å²) in [6.45, 7) is 4.50. The third kappa shape index (κ3) is 8.15. The fourth-order valence-corrected chi connectivity index (χ4v) is 9.24. The van der Waals surface area contributed by atoms with E-state index in [1.807, 2.05) is 0 Å². The maximum atomic E-state index is 15.2. The van der Waals surface area contributed by atoms with Crippen LogP contribution in [0, 0.1) is 47.3 Å². The van der Waals surface area contributed by atoms with Crippen LogP contribution in [0.2, 0.25) is 0 Å². The Morgan fingerprint density at radius 1 is 0.514 bits per heavy atom. The molecule has 4 aliphatic rings. The molecule has 0 bridgehead atoms. The molecule has 0 N–H and O–H groups in total. The van der Waals surface area contributed by atoms with E-state index in [0.717, 1.165) is 63.7 Å². The molecule has 0 aromatic heterocycles. The van der Waals surface area contributed by atoms with Crippen LogP contribution in [0.4, 0.5) is 13.2 Å². The first-order valence-electron chi connectivity index (χ1n) is 16.9. The first-order valence-corrected chi connectivity index (χ1v) is 16.9. The highest BCUT2D eigenvalue weighted by molar-refractivity contribution is 4.93. The van der Waals surface area contributed by atoms with Crippen molar-refractivity contribution in [1.29, 1.82) is 0 Å². The summed E-state index contributed by atoms with van der Waals surface area (Å²) in [7, 11) is 0. The lowest BCUT2D eigenvalue weighted by atomic mass is 9.65. The van der Waals surface area contributed by atoms with Crippen molar-refractivity contribution in [3.05, 3.63) is 0 Å². The van der Waals surface area contributed by atoms with E-state index in [4.69, 9.17) is 0 Å². The van der Waals surface area contributed by atoms with Gasteiger partial charge in [-0.3, -0.25) is 0 Å². The third-order valence-electron chi connectivity index (χ3n) is 12.0. The molecule has 4 rings (SSSR count). The second kappa shape index (κ2) is 15.0. The minimum Gasteiger partial charge on any atom is -0.247 e. The van der Waals surface area contributed by atoms with Crippen LogP contribution >= 0.6 is 0 Å². The second-order valence-corrected chi connectivity index (χ2v) is 14.1. The van der Waals surface area contributed by atoms with E-state index in [1.165, 1.54) is 77.0 Å². The maximum absolute atomic E-state index is 15.2. The van der Waals surface area contributed by atoms with Crippen molar-refractivity contribution < 1.29 is 13.2 Å². The van der Waals surface area contributed by atoms with Gasteiger partial charge in [-0.2, -0.15) is 0 Å². The zero-order valence-electron chi connectivity index (χ0n) is 24.3. The van der Waals surface area contributed by atoms with Gasteiger partial charge in [-0.15, -0.1) is 0 Å². The number of hydrogen-bond acceptors (Lipinski definition) is 0. The predicted molar refractivity (Wildman–Crippen MR) is 151 cm³/mol. The number of unbranched alkanes of at least 4 members (excludes halogenated alkanes) is 3. The van der Waals surface area contributed by atoms with Crippen LogP contribution in [-0.4, -0.2) is 18.5 Å². The van der Waals surface area contributed by atoms with Gasteiger partial charge in [0.2, 0.25) is 0 Å². The molecule has 4 saturated carbocycles. The summed E-state index contributed by atoms with van der Waals surface area (Å²) < 4.78 is 45.4. The monoisotopic (exact) mass is 524 g/mol. The quantitative estimate of drug-likeness (QED) is 0.236. The van der Waals surface area contributed by atoms with E-state index in [0.29, 0.717) is 29.6 Å². The van der Waals surface area contributed by atoms with Crippen LogP contribution in [0.1, 0.15) is 149 Å². The van der Waals surface area contributed by atoms with Gasteiger partial charge >= 0.3 is 0 Å². The Labute approximate surface area is 227 Å². The lowest BCUT2D eigenvalue weighted by Crippen LogP contribution is -2.42. The van der Waals surface area contributed by atoms with E-state index in [2.05, 4.69) is 13.8 Å². The molecule has 0 aliphatic heterocycles. The molecule has 0 aromatic carbocycles. The summed E-state index contributed by atoms with van der Waals surface area (Å²) in [5.41, 5.74) is 0. The van der Waals surface area contributed by atoms with Crippen molar-refractivity contribution in [3.63, 3.8) is 0 Å². The standard InChI is InChI=1S/C34H59F3/c1-3-5-6-7-8-28-19-20-30(23-32(28)35)26-14-11-25(12-15-26)13-18-29-21-22-31(34(37)33(29)36)27-16-9-24(4-2)10-17-27/h24-34H,3-23H2,1-2H3. The van der Waals surface area contributed by atoms with Gasteiger partial charge in [0.1, 0.15) is 18.5 Å². The van der Waals surface area contributed by atoms with Crippen molar-refractivity contribution in [1.82, 2.24) is 0 Å².